The summed E-state index contributed by atoms with van der Waals surface area (Å²) in [5.41, 5.74) is 2.15. The zero-order valence-corrected chi connectivity index (χ0v) is 8.11. The van der Waals surface area contributed by atoms with Crippen molar-refractivity contribution in [3.8, 4) is 0 Å². The highest BCUT2D eigenvalue weighted by Crippen LogP contribution is 2.30. The lowest BCUT2D eigenvalue weighted by molar-refractivity contribution is 0.457. The molecule has 1 aliphatic rings. The molecule has 1 rings (SSSR count). The van der Waals surface area contributed by atoms with Gasteiger partial charge < -0.3 is 0 Å². The van der Waals surface area contributed by atoms with Crippen molar-refractivity contribution in [3.05, 3.63) is 11.6 Å². The van der Waals surface area contributed by atoms with E-state index in [2.05, 4.69) is 26.8 Å². The SMILES string of the molecule is CCC(C)(C)C=C1CCCC1. The first-order valence-electron chi connectivity index (χ1n) is 4.85. The van der Waals surface area contributed by atoms with Gasteiger partial charge in [-0.05, 0) is 37.5 Å². The van der Waals surface area contributed by atoms with E-state index >= 15 is 0 Å². The summed E-state index contributed by atoms with van der Waals surface area (Å²) >= 11 is 0. The second-order valence-corrected chi connectivity index (χ2v) is 4.35. The topological polar surface area (TPSA) is 0 Å². The van der Waals surface area contributed by atoms with Crippen LogP contribution in [-0.4, -0.2) is 0 Å². The van der Waals surface area contributed by atoms with Crippen molar-refractivity contribution in [1.82, 2.24) is 0 Å². The van der Waals surface area contributed by atoms with Crippen LogP contribution in [0.25, 0.3) is 0 Å². The minimum atomic E-state index is 0.444. The largest absolute Gasteiger partial charge is 0.0797 e. The molecule has 0 N–H and O–H groups in total. The normalized spacial score (nSPS) is 19.0. The molecular formula is C11H20. The van der Waals surface area contributed by atoms with Gasteiger partial charge in [0.2, 0.25) is 0 Å². The number of rotatable bonds is 2. The van der Waals surface area contributed by atoms with Crippen LogP contribution in [0.4, 0.5) is 0 Å². The molecule has 1 saturated carbocycles. The van der Waals surface area contributed by atoms with Crippen LogP contribution in [0.2, 0.25) is 0 Å². The molecule has 0 atom stereocenters. The Hall–Kier alpha value is -0.260. The fraction of sp³-hybridized carbons (Fsp3) is 0.818. The van der Waals surface area contributed by atoms with Crippen LogP contribution < -0.4 is 0 Å². The Kier molecular flexibility index (Phi) is 2.75. The molecule has 0 saturated heterocycles. The lowest BCUT2D eigenvalue weighted by Gasteiger charge is -2.18. The van der Waals surface area contributed by atoms with Crippen molar-refractivity contribution in [2.24, 2.45) is 5.41 Å². The summed E-state index contributed by atoms with van der Waals surface area (Å²) in [5, 5.41) is 0. The van der Waals surface area contributed by atoms with Crippen LogP contribution in [0.15, 0.2) is 11.6 Å². The third kappa shape index (κ3) is 2.69. The van der Waals surface area contributed by atoms with Gasteiger partial charge in [0, 0.05) is 0 Å². The van der Waals surface area contributed by atoms with Gasteiger partial charge in [-0.3, -0.25) is 0 Å². The maximum atomic E-state index is 2.50. The van der Waals surface area contributed by atoms with Crippen LogP contribution in [-0.2, 0) is 0 Å². The molecule has 0 nitrogen and oxygen atoms in total. The number of allylic oxidation sites excluding steroid dienone is 2. The maximum Gasteiger partial charge on any atom is -0.0175 e. The molecule has 0 aromatic heterocycles. The molecule has 1 aliphatic carbocycles. The highest BCUT2D eigenvalue weighted by atomic mass is 14.2. The molecule has 0 aliphatic heterocycles. The van der Waals surface area contributed by atoms with Crippen LogP contribution in [0.1, 0.15) is 52.9 Å². The average molecular weight is 152 g/mol. The van der Waals surface area contributed by atoms with Crippen LogP contribution in [0.3, 0.4) is 0 Å². The van der Waals surface area contributed by atoms with Gasteiger partial charge in [0.05, 0.1) is 0 Å². The first-order chi connectivity index (χ1) is 5.14. The number of hydrogen-bond acceptors (Lipinski definition) is 0. The highest BCUT2D eigenvalue weighted by molar-refractivity contribution is 5.10. The molecule has 0 amide bonds. The van der Waals surface area contributed by atoms with E-state index in [4.69, 9.17) is 0 Å². The summed E-state index contributed by atoms with van der Waals surface area (Å²) in [6.45, 7) is 6.93. The van der Waals surface area contributed by atoms with E-state index in [1.165, 1.54) is 32.1 Å². The summed E-state index contributed by atoms with van der Waals surface area (Å²) in [6.07, 6.45) is 9.33. The molecule has 0 radical (unpaired) electrons. The van der Waals surface area contributed by atoms with Crippen molar-refractivity contribution in [1.29, 1.82) is 0 Å². The predicted octanol–water partition coefficient (Wildman–Crippen LogP) is 3.92. The van der Waals surface area contributed by atoms with E-state index in [-0.39, 0.29) is 0 Å². The second kappa shape index (κ2) is 3.42. The zero-order valence-electron chi connectivity index (χ0n) is 8.11. The Balaban J connectivity index is 2.55. The van der Waals surface area contributed by atoms with Gasteiger partial charge in [-0.1, -0.05) is 32.4 Å². The number of hydrogen-bond donors (Lipinski definition) is 0. The fourth-order valence-corrected chi connectivity index (χ4v) is 1.63. The van der Waals surface area contributed by atoms with Gasteiger partial charge in [-0.2, -0.15) is 0 Å². The van der Waals surface area contributed by atoms with Crippen LogP contribution in [0.5, 0.6) is 0 Å². The minimum absolute atomic E-state index is 0.444. The second-order valence-electron chi connectivity index (χ2n) is 4.35. The maximum absolute atomic E-state index is 2.50. The monoisotopic (exact) mass is 152 g/mol. The highest BCUT2D eigenvalue weighted by Gasteiger charge is 2.14. The van der Waals surface area contributed by atoms with Crippen molar-refractivity contribution < 1.29 is 0 Å². The summed E-state index contributed by atoms with van der Waals surface area (Å²) < 4.78 is 0. The molecule has 64 valence electrons. The quantitative estimate of drug-likeness (QED) is 0.526. The molecule has 1 fully saturated rings. The Labute approximate surface area is 70.7 Å². The summed E-state index contributed by atoms with van der Waals surface area (Å²) in [6, 6.07) is 0. The van der Waals surface area contributed by atoms with E-state index in [1.807, 2.05) is 0 Å². The molecule has 0 heterocycles. The smallest absolute Gasteiger partial charge is 0.0175 e. The first-order valence-corrected chi connectivity index (χ1v) is 4.85. The van der Waals surface area contributed by atoms with E-state index in [1.54, 1.807) is 5.57 Å². The third-order valence-corrected chi connectivity index (χ3v) is 2.75. The molecule has 0 spiro atoms. The summed E-state index contributed by atoms with van der Waals surface area (Å²) in [7, 11) is 0. The molecule has 11 heavy (non-hydrogen) atoms. The standard InChI is InChI=1S/C11H20/c1-4-11(2,3)9-10-7-5-6-8-10/h9H,4-8H2,1-3H3. The van der Waals surface area contributed by atoms with Gasteiger partial charge in [-0.25, -0.2) is 0 Å². The van der Waals surface area contributed by atoms with E-state index in [0.717, 1.165) is 0 Å². The summed E-state index contributed by atoms with van der Waals surface area (Å²) in [5.74, 6) is 0. The fourth-order valence-electron chi connectivity index (χ4n) is 1.63. The van der Waals surface area contributed by atoms with Crippen molar-refractivity contribution >= 4 is 0 Å². The van der Waals surface area contributed by atoms with E-state index < -0.39 is 0 Å². The predicted molar refractivity (Wildman–Crippen MR) is 50.6 cm³/mol. The van der Waals surface area contributed by atoms with Crippen molar-refractivity contribution in [2.75, 3.05) is 0 Å². The molecule has 0 heteroatoms. The lowest BCUT2D eigenvalue weighted by atomic mass is 9.87. The van der Waals surface area contributed by atoms with Gasteiger partial charge in [0.15, 0.2) is 0 Å². The average Bonchev–Trinajstić information content (AvgIpc) is 2.39. The van der Waals surface area contributed by atoms with Crippen molar-refractivity contribution in [3.63, 3.8) is 0 Å². The lowest BCUT2D eigenvalue weighted by Crippen LogP contribution is -2.05. The Morgan fingerprint density at radius 3 is 2.27 bits per heavy atom. The van der Waals surface area contributed by atoms with E-state index in [0.29, 0.717) is 5.41 Å². The zero-order chi connectivity index (χ0) is 8.32. The molecule has 0 aromatic carbocycles. The Morgan fingerprint density at radius 2 is 1.82 bits per heavy atom. The summed E-state index contributed by atoms with van der Waals surface area (Å²) in [4.78, 5) is 0. The van der Waals surface area contributed by atoms with Crippen molar-refractivity contribution in [2.45, 2.75) is 52.9 Å². The van der Waals surface area contributed by atoms with Gasteiger partial charge in [0.25, 0.3) is 0 Å². The van der Waals surface area contributed by atoms with Gasteiger partial charge in [0.1, 0.15) is 0 Å². The minimum Gasteiger partial charge on any atom is -0.0797 e. The molecule has 0 bridgehead atoms. The Bertz CT molecular complexity index is 143. The van der Waals surface area contributed by atoms with Gasteiger partial charge >= 0.3 is 0 Å². The molecule has 0 unspecified atom stereocenters. The van der Waals surface area contributed by atoms with E-state index in [9.17, 15) is 0 Å². The van der Waals surface area contributed by atoms with Gasteiger partial charge in [-0.15, -0.1) is 0 Å². The van der Waals surface area contributed by atoms with Crippen LogP contribution in [0, 0.1) is 5.41 Å². The molecule has 0 aromatic rings. The molecular weight excluding hydrogens is 132 g/mol. The third-order valence-electron chi connectivity index (χ3n) is 2.75. The Morgan fingerprint density at radius 1 is 1.27 bits per heavy atom. The first kappa shape index (κ1) is 8.83. The van der Waals surface area contributed by atoms with Crippen LogP contribution >= 0.6 is 0 Å².